The lowest BCUT2D eigenvalue weighted by Crippen LogP contribution is -2.28. The number of hydrogen-bond donors (Lipinski definition) is 2. The molecule has 0 aromatic carbocycles. The Morgan fingerprint density at radius 1 is 1.58 bits per heavy atom. The van der Waals surface area contributed by atoms with Crippen molar-refractivity contribution >= 4 is 20.0 Å². The van der Waals surface area contributed by atoms with Crippen LogP contribution < -0.4 is 5.56 Å². The number of aromatic amines is 1. The Morgan fingerprint density at radius 2 is 2.29 bits per heavy atom. The highest BCUT2D eigenvalue weighted by Gasteiger charge is 2.41. The summed E-state index contributed by atoms with van der Waals surface area (Å²) in [5.41, 5.74) is 0.204. The molecule has 0 saturated carbocycles. The highest BCUT2D eigenvalue weighted by molar-refractivity contribution is 7.71. The van der Waals surface area contributed by atoms with Crippen molar-refractivity contribution in [3.05, 3.63) is 26.9 Å². The van der Waals surface area contributed by atoms with E-state index in [0.29, 0.717) is 12.2 Å². The van der Waals surface area contributed by atoms with E-state index in [1.165, 1.54) is 0 Å². The molecule has 0 spiro atoms. The summed E-state index contributed by atoms with van der Waals surface area (Å²) in [5, 5.41) is 0. The number of nitrogens with zero attached hydrogens (tertiary/aromatic N) is 1. The second kappa shape index (κ2) is 8.01. The average molecular weight is 380 g/mol. The molecule has 1 fully saturated rings. The number of aromatic nitrogens is 2. The van der Waals surface area contributed by atoms with Crippen molar-refractivity contribution in [2.75, 3.05) is 20.3 Å². The molecule has 1 unspecified atom stereocenters. The smallest absolute Gasteiger partial charge is 0.379 e. The van der Waals surface area contributed by atoms with Crippen molar-refractivity contribution in [3.8, 4) is 0 Å². The fourth-order valence-electron chi connectivity index (χ4n) is 2.38. The van der Waals surface area contributed by atoms with Crippen LogP contribution in [0.4, 0.5) is 0 Å². The van der Waals surface area contributed by atoms with Gasteiger partial charge in [0, 0.05) is 31.9 Å². The molecule has 9 nitrogen and oxygen atoms in total. The lowest BCUT2D eigenvalue weighted by Gasteiger charge is -2.20. The van der Waals surface area contributed by atoms with Crippen LogP contribution in [0.3, 0.4) is 0 Å². The van der Waals surface area contributed by atoms with Crippen LogP contribution in [0.1, 0.15) is 25.1 Å². The monoisotopic (exact) mass is 380 g/mol. The third-order valence-electron chi connectivity index (χ3n) is 3.62. The van der Waals surface area contributed by atoms with E-state index in [9.17, 15) is 14.3 Å². The van der Waals surface area contributed by atoms with Gasteiger partial charge in [-0.15, -0.1) is 0 Å². The Hall–Kier alpha value is -0.870. The van der Waals surface area contributed by atoms with Gasteiger partial charge in [-0.3, -0.25) is 23.4 Å². The van der Waals surface area contributed by atoms with Gasteiger partial charge < -0.3 is 14.4 Å². The maximum Gasteiger partial charge on any atom is 0.472 e. The molecule has 1 aromatic rings. The van der Waals surface area contributed by atoms with Gasteiger partial charge in [0.15, 0.2) is 4.77 Å². The molecule has 1 aliphatic heterocycles. The lowest BCUT2D eigenvalue weighted by molar-refractivity contribution is -0.0608. The van der Waals surface area contributed by atoms with Crippen molar-refractivity contribution < 1.29 is 28.0 Å². The second-order valence-corrected chi connectivity index (χ2v) is 7.20. The first kappa shape index (κ1) is 19.5. The minimum absolute atomic E-state index is 0.192. The number of nitrogens with one attached hydrogen (secondary N) is 1. The van der Waals surface area contributed by atoms with E-state index >= 15 is 0 Å². The summed E-state index contributed by atoms with van der Waals surface area (Å²) in [6.45, 7) is 4.14. The van der Waals surface area contributed by atoms with Crippen molar-refractivity contribution in [2.45, 2.75) is 38.7 Å². The van der Waals surface area contributed by atoms with Crippen molar-refractivity contribution in [3.63, 3.8) is 0 Å². The third kappa shape index (κ3) is 4.60. The van der Waals surface area contributed by atoms with Crippen molar-refractivity contribution in [1.29, 1.82) is 0 Å². The van der Waals surface area contributed by atoms with Crippen LogP contribution in [0, 0.1) is 11.7 Å². The van der Waals surface area contributed by atoms with Gasteiger partial charge in [0.1, 0.15) is 18.4 Å². The molecule has 24 heavy (non-hydrogen) atoms. The van der Waals surface area contributed by atoms with E-state index in [-0.39, 0.29) is 23.4 Å². The van der Waals surface area contributed by atoms with Gasteiger partial charge in [0.25, 0.3) is 5.56 Å². The Morgan fingerprint density at radius 3 is 2.92 bits per heavy atom. The van der Waals surface area contributed by atoms with Crippen LogP contribution in [0.5, 0.6) is 0 Å². The van der Waals surface area contributed by atoms with E-state index in [0.717, 1.165) is 7.11 Å². The van der Waals surface area contributed by atoms with E-state index in [2.05, 4.69) is 9.51 Å². The lowest BCUT2D eigenvalue weighted by atomic mass is 10.2. The molecular formula is C13H21N2O7PS. The first-order valence-electron chi connectivity index (χ1n) is 7.39. The maximum absolute atomic E-state index is 11.7. The van der Waals surface area contributed by atoms with Crippen LogP contribution >= 0.6 is 20.0 Å². The van der Waals surface area contributed by atoms with Gasteiger partial charge in [-0.2, -0.15) is 0 Å². The minimum atomic E-state index is -4.17. The van der Waals surface area contributed by atoms with Gasteiger partial charge in [0.2, 0.25) is 0 Å². The van der Waals surface area contributed by atoms with Crippen LogP contribution in [0.2, 0.25) is 0 Å². The normalized spacial score (nSPS) is 26.4. The summed E-state index contributed by atoms with van der Waals surface area (Å²) < 4.78 is 34.3. The molecule has 2 heterocycles. The fraction of sp³-hybridized carbons (Fsp3) is 0.692. The topological polar surface area (TPSA) is 112 Å². The minimum Gasteiger partial charge on any atom is -0.379 e. The number of phosphoric ester groups is 1. The summed E-state index contributed by atoms with van der Waals surface area (Å²) in [4.78, 5) is 23.7. The predicted molar refractivity (Wildman–Crippen MR) is 87.4 cm³/mol. The highest BCUT2D eigenvalue weighted by atomic mass is 32.1. The average Bonchev–Trinajstić information content (AvgIpc) is 2.90. The molecule has 0 bridgehead atoms. The first-order chi connectivity index (χ1) is 11.3. The predicted octanol–water partition coefficient (Wildman–Crippen LogP) is 1.67. The standard InChI is InChI=1S/C13H21N2O7PS/c1-4-20-7-10-9(22-23(17,18)19-3)5-11(21-10)15-6-8(2)12(16)14-13(15)24/h6,9-11H,4-5,7H2,1-3H3,(H,17,18)(H,14,16,24)/t9-,10+,11+/m0/s1. The zero-order chi connectivity index (χ0) is 17.9. The van der Waals surface area contributed by atoms with E-state index in [1.807, 2.05) is 6.92 Å². The van der Waals surface area contributed by atoms with Crippen LogP contribution in [-0.4, -0.2) is 47.0 Å². The number of hydrogen-bond acceptors (Lipinski definition) is 7. The molecule has 11 heteroatoms. The summed E-state index contributed by atoms with van der Waals surface area (Å²) >= 11 is 5.16. The molecule has 1 aliphatic rings. The molecular weight excluding hydrogens is 359 g/mol. The Labute approximate surface area is 144 Å². The third-order valence-corrected chi connectivity index (χ3v) is 4.93. The van der Waals surface area contributed by atoms with Crippen LogP contribution in [-0.2, 0) is 23.1 Å². The maximum atomic E-state index is 11.7. The molecule has 2 rings (SSSR count). The van der Waals surface area contributed by atoms with Crippen molar-refractivity contribution in [1.82, 2.24) is 9.55 Å². The zero-order valence-electron chi connectivity index (χ0n) is 13.6. The summed E-state index contributed by atoms with van der Waals surface area (Å²) in [5.74, 6) is 0. The molecule has 0 aliphatic carbocycles. The number of rotatable bonds is 7. The largest absolute Gasteiger partial charge is 0.472 e. The van der Waals surface area contributed by atoms with Crippen LogP contribution in [0.15, 0.2) is 11.0 Å². The highest BCUT2D eigenvalue weighted by Crippen LogP contribution is 2.47. The second-order valence-electron chi connectivity index (χ2n) is 5.30. The SMILES string of the molecule is CCOC[C@H]1O[C@@H](n2cc(C)c(=O)[nH]c2=S)C[C@@H]1OP(=O)(O)OC. The Balaban J connectivity index is 2.25. The molecule has 0 amide bonds. The van der Waals surface area contributed by atoms with Crippen molar-refractivity contribution in [2.24, 2.45) is 0 Å². The number of aryl methyl sites for hydroxylation is 1. The molecule has 136 valence electrons. The summed E-state index contributed by atoms with van der Waals surface area (Å²) in [6, 6.07) is 0. The van der Waals surface area contributed by atoms with Gasteiger partial charge in [-0.25, -0.2) is 4.57 Å². The number of phosphoric acid groups is 1. The number of ether oxygens (including phenoxy) is 2. The van der Waals surface area contributed by atoms with E-state index in [1.54, 1.807) is 17.7 Å². The van der Waals surface area contributed by atoms with E-state index in [4.69, 9.17) is 26.2 Å². The summed E-state index contributed by atoms with van der Waals surface area (Å²) in [7, 11) is -3.08. The van der Waals surface area contributed by atoms with Gasteiger partial charge in [-0.1, -0.05) is 0 Å². The van der Waals surface area contributed by atoms with E-state index < -0.39 is 26.3 Å². The molecule has 0 radical (unpaired) electrons. The Bertz CT molecular complexity index is 734. The van der Waals surface area contributed by atoms with Crippen LogP contribution in [0.25, 0.3) is 0 Å². The summed E-state index contributed by atoms with van der Waals surface area (Å²) in [6.07, 6.45) is -0.00163. The number of H-pyrrole nitrogens is 1. The zero-order valence-corrected chi connectivity index (χ0v) is 15.3. The first-order valence-corrected chi connectivity index (χ1v) is 9.30. The molecule has 2 N–H and O–H groups in total. The molecule has 1 aromatic heterocycles. The quantitative estimate of drug-likeness (QED) is 0.543. The van der Waals surface area contributed by atoms with Gasteiger partial charge in [-0.05, 0) is 26.1 Å². The fourth-order valence-corrected chi connectivity index (χ4v) is 3.29. The van der Waals surface area contributed by atoms with Gasteiger partial charge in [0.05, 0.1) is 6.61 Å². The Kier molecular flexibility index (Phi) is 6.49. The molecule has 4 atom stereocenters. The van der Waals surface area contributed by atoms with Gasteiger partial charge >= 0.3 is 7.82 Å². The molecule has 1 saturated heterocycles.